The van der Waals surface area contributed by atoms with Gasteiger partial charge in [-0.3, -0.25) is 9.20 Å². The molecule has 31 heavy (non-hydrogen) atoms. The van der Waals surface area contributed by atoms with Crippen LogP contribution in [0, 0.1) is 0 Å². The second-order valence-corrected chi connectivity index (χ2v) is 8.52. The summed E-state index contributed by atoms with van der Waals surface area (Å²) in [4.78, 5) is 33.1. The Hall–Kier alpha value is -2.78. The van der Waals surface area contributed by atoms with Crippen molar-refractivity contribution in [1.82, 2.24) is 19.2 Å². The summed E-state index contributed by atoms with van der Waals surface area (Å²) in [6, 6.07) is 2.23. The number of nitrogens with zero attached hydrogens (tertiary/aromatic N) is 4. The van der Waals surface area contributed by atoms with Gasteiger partial charge in [-0.25, -0.2) is 9.78 Å². The molecule has 7 nitrogen and oxygen atoms in total. The molecular weight excluding hydrogens is 413 g/mol. The van der Waals surface area contributed by atoms with Gasteiger partial charge in [-0.1, -0.05) is 6.92 Å². The van der Waals surface area contributed by atoms with E-state index in [-0.39, 0.29) is 18.8 Å². The molecule has 1 aliphatic heterocycles. The van der Waals surface area contributed by atoms with Crippen LogP contribution in [-0.2, 0) is 17.3 Å². The minimum absolute atomic E-state index is 0.134. The Bertz CT molecular complexity index is 979. The van der Waals surface area contributed by atoms with Crippen molar-refractivity contribution in [1.29, 1.82) is 0 Å². The minimum atomic E-state index is -4.53. The van der Waals surface area contributed by atoms with Crippen molar-refractivity contribution in [3.05, 3.63) is 35.3 Å². The molecule has 0 aliphatic carbocycles. The van der Waals surface area contributed by atoms with Crippen LogP contribution in [0.1, 0.15) is 55.9 Å². The highest BCUT2D eigenvalue weighted by atomic mass is 19.4. The molecule has 1 aliphatic rings. The number of alkyl halides is 3. The van der Waals surface area contributed by atoms with Gasteiger partial charge in [-0.15, -0.1) is 0 Å². The molecule has 1 saturated heterocycles. The Morgan fingerprint density at radius 2 is 1.71 bits per heavy atom. The number of pyridine rings is 1. The second kappa shape index (κ2) is 8.39. The van der Waals surface area contributed by atoms with Gasteiger partial charge in [0.1, 0.15) is 16.9 Å². The molecule has 10 heteroatoms. The molecule has 0 aromatic carbocycles. The third-order valence-corrected chi connectivity index (χ3v) is 4.99. The van der Waals surface area contributed by atoms with Crippen LogP contribution in [0.2, 0.25) is 0 Å². The van der Waals surface area contributed by atoms with E-state index >= 15 is 0 Å². The van der Waals surface area contributed by atoms with E-state index in [0.29, 0.717) is 37.3 Å². The van der Waals surface area contributed by atoms with Crippen LogP contribution in [0.15, 0.2) is 18.3 Å². The summed E-state index contributed by atoms with van der Waals surface area (Å²) in [6.07, 6.45) is -3.11. The van der Waals surface area contributed by atoms with Crippen molar-refractivity contribution in [3.63, 3.8) is 0 Å². The molecule has 0 bridgehead atoms. The Balaban J connectivity index is 1.86. The molecule has 1 fully saturated rings. The van der Waals surface area contributed by atoms with Gasteiger partial charge in [0.15, 0.2) is 0 Å². The van der Waals surface area contributed by atoms with E-state index in [2.05, 4.69) is 4.98 Å². The van der Waals surface area contributed by atoms with Crippen LogP contribution in [0.3, 0.4) is 0 Å². The summed E-state index contributed by atoms with van der Waals surface area (Å²) in [5.74, 6) is -0.394. The molecule has 0 saturated carbocycles. The lowest BCUT2D eigenvalue weighted by molar-refractivity contribution is -0.137. The van der Waals surface area contributed by atoms with Crippen molar-refractivity contribution in [3.8, 4) is 0 Å². The van der Waals surface area contributed by atoms with E-state index in [9.17, 15) is 22.8 Å². The van der Waals surface area contributed by atoms with E-state index in [1.807, 2.05) is 0 Å². The predicted octanol–water partition coefficient (Wildman–Crippen LogP) is 4.00. The molecule has 2 aromatic rings. The third-order valence-electron chi connectivity index (χ3n) is 4.99. The first-order valence-corrected chi connectivity index (χ1v) is 10.3. The van der Waals surface area contributed by atoms with E-state index < -0.39 is 29.3 Å². The number of amides is 2. The van der Waals surface area contributed by atoms with Crippen LogP contribution in [0.5, 0.6) is 0 Å². The van der Waals surface area contributed by atoms with E-state index in [1.165, 1.54) is 10.5 Å². The maximum Gasteiger partial charge on any atom is 0.417 e. The van der Waals surface area contributed by atoms with Crippen molar-refractivity contribution in [2.45, 2.75) is 52.3 Å². The lowest BCUT2D eigenvalue weighted by Crippen LogP contribution is -2.40. The van der Waals surface area contributed by atoms with Crippen molar-refractivity contribution in [2.24, 2.45) is 0 Å². The molecule has 0 unspecified atom stereocenters. The zero-order valence-corrected chi connectivity index (χ0v) is 18.1. The number of ether oxygens (including phenoxy) is 1. The lowest BCUT2D eigenvalue weighted by Gasteiger charge is -2.26. The van der Waals surface area contributed by atoms with Gasteiger partial charge in [0, 0.05) is 32.4 Å². The first-order chi connectivity index (χ1) is 14.4. The topological polar surface area (TPSA) is 67.2 Å². The highest BCUT2D eigenvalue weighted by Gasteiger charge is 2.33. The van der Waals surface area contributed by atoms with Gasteiger partial charge < -0.3 is 14.5 Å². The average molecular weight is 440 g/mol. The maximum absolute atomic E-state index is 13.3. The maximum atomic E-state index is 13.3. The number of fused-ring (bicyclic) bond motifs is 1. The molecule has 0 spiro atoms. The summed E-state index contributed by atoms with van der Waals surface area (Å²) in [6.45, 7) is 8.51. The molecule has 3 rings (SSSR count). The minimum Gasteiger partial charge on any atom is -0.444 e. The number of rotatable bonds is 2. The van der Waals surface area contributed by atoms with Crippen molar-refractivity contribution >= 4 is 17.6 Å². The summed E-state index contributed by atoms with van der Waals surface area (Å²) in [5.41, 5.74) is -0.604. The van der Waals surface area contributed by atoms with Gasteiger partial charge in [-0.2, -0.15) is 13.2 Å². The fourth-order valence-electron chi connectivity index (χ4n) is 3.51. The van der Waals surface area contributed by atoms with Crippen molar-refractivity contribution in [2.75, 3.05) is 26.2 Å². The summed E-state index contributed by atoms with van der Waals surface area (Å²) in [7, 11) is 0. The predicted molar refractivity (Wildman–Crippen MR) is 108 cm³/mol. The number of carbonyl (C=O) groups is 2. The SMILES string of the molecule is CCc1nc2ccc(C(F)(F)F)cn2c1C(=O)N1CCCN(C(=O)OC(C)(C)C)CC1. The van der Waals surface area contributed by atoms with Gasteiger partial charge in [0.2, 0.25) is 0 Å². The summed E-state index contributed by atoms with van der Waals surface area (Å²) < 4.78 is 46.2. The Kier molecular flexibility index (Phi) is 6.20. The van der Waals surface area contributed by atoms with E-state index in [0.717, 1.165) is 12.3 Å². The molecule has 0 atom stereocenters. The Morgan fingerprint density at radius 1 is 1.06 bits per heavy atom. The highest BCUT2D eigenvalue weighted by Crippen LogP contribution is 2.30. The molecule has 170 valence electrons. The monoisotopic (exact) mass is 440 g/mol. The number of aryl methyl sites for hydroxylation is 1. The quantitative estimate of drug-likeness (QED) is 0.708. The largest absolute Gasteiger partial charge is 0.444 e. The molecule has 2 aromatic heterocycles. The standard InChI is InChI=1S/C21H27F3N4O3/c1-5-15-17(28-13-14(21(22,23)24)7-8-16(28)25-15)18(29)26-9-6-10-27(12-11-26)19(30)31-20(2,3)4/h7-8,13H,5-6,9-12H2,1-4H3. The summed E-state index contributed by atoms with van der Waals surface area (Å²) >= 11 is 0. The number of halogens is 3. The van der Waals surface area contributed by atoms with Gasteiger partial charge >= 0.3 is 12.3 Å². The summed E-state index contributed by atoms with van der Waals surface area (Å²) in [5, 5.41) is 0. The number of hydrogen-bond donors (Lipinski definition) is 0. The Labute approximate surface area is 178 Å². The first-order valence-electron chi connectivity index (χ1n) is 10.3. The first kappa shape index (κ1) is 22.9. The normalized spacial score (nSPS) is 15.8. The van der Waals surface area contributed by atoms with Crippen LogP contribution in [0.25, 0.3) is 5.65 Å². The number of hydrogen-bond acceptors (Lipinski definition) is 4. The van der Waals surface area contributed by atoms with E-state index in [1.54, 1.807) is 37.5 Å². The molecule has 3 heterocycles. The fraction of sp³-hybridized carbons (Fsp3) is 0.571. The number of aromatic nitrogens is 2. The third kappa shape index (κ3) is 5.11. The molecular formula is C21H27F3N4O3. The smallest absolute Gasteiger partial charge is 0.417 e. The van der Waals surface area contributed by atoms with Crippen LogP contribution >= 0.6 is 0 Å². The molecule has 0 radical (unpaired) electrons. The van der Waals surface area contributed by atoms with Gasteiger partial charge in [0.05, 0.1) is 11.3 Å². The fourth-order valence-corrected chi connectivity index (χ4v) is 3.51. The zero-order chi connectivity index (χ0) is 23.0. The molecule has 2 amide bonds. The number of imidazole rings is 1. The van der Waals surface area contributed by atoms with E-state index in [4.69, 9.17) is 4.74 Å². The zero-order valence-electron chi connectivity index (χ0n) is 18.1. The van der Waals surface area contributed by atoms with Crippen molar-refractivity contribution < 1.29 is 27.5 Å². The van der Waals surface area contributed by atoms with Crippen LogP contribution in [-0.4, -0.2) is 63.0 Å². The lowest BCUT2D eigenvalue weighted by atomic mass is 10.2. The Morgan fingerprint density at radius 3 is 2.32 bits per heavy atom. The van der Waals surface area contributed by atoms with Gasteiger partial charge in [0.25, 0.3) is 5.91 Å². The average Bonchev–Trinajstić information content (AvgIpc) is 2.85. The second-order valence-electron chi connectivity index (χ2n) is 8.52. The number of carbonyl (C=O) groups excluding carboxylic acids is 2. The molecule has 0 N–H and O–H groups in total. The van der Waals surface area contributed by atoms with Crippen LogP contribution < -0.4 is 0 Å². The van der Waals surface area contributed by atoms with Crippen LogP contribution in [0.4, 0.5) is 18.0 Å². The van der Waals surface area contributed by atoms with Gasteiger partial charge in [-0.05, 0) is 45.7 Å². The highest BCUT2D eigenvalue weighted by molar-refractivity contribution is 5.95.